The van der Waals surface area contributed by atoms with E-state index in [0.29, 0.717) is 0 Å². The largest absolute Gasteiger partial charge is 0.504 e. The molecule has 1 aromatic carbocycles. The molecule has 0 spiro atoms. The number of carbonyl (C=O) groups is 1. The Labute approximate surface area is 89.0 Å². The molecule has 84 valence electrons. The van der Waals surface area contributed by atoms with Crippen molar-refractivity contribution < 1.29 is 25.0 Å². The van der Waals surface area contributed by atoms with Crippen LogP contribution in [0.1, 0.15) is 5.56 Å². The first kappa shape index (κ1) is 11.5. The van der Waals surface area contributed by atoms with E-state index in [0.717, 1.165) is 18.2 Å². The molecule has 0 heterocycles. The van der Waals surface area contributed by atoms with Crippen molar-refractivity contribution in [3.8, 4) is 11.5 Å². The van der Waals surface area contributed by atoms with Crippen LogP contribution in [0, 0.1) is 10.1 Å². The van der Waals surface area contributed by atoms with Crippen molar-refractivity contribution >= 4 is 12.0 Å². The molecule has 0 unspecified atom stereocenters. The topological polar surface area (TPSA) is 121 Å². The number of carboxylic acid groups (broad SMARTS) is 1. The van der Waals surface area contributed by atoms with Gasteiger partial charge in [-0.2, -0.15) is 0 Å². The normalized spacial score (nSPS) is 11.1. The summed E-state index contributed by atoms with van der Waals surface area (Å²) < 4.78 is 0. The number of benzene rings is 1. The summed E-state index contributed by atoms with van der Waals surface area (Å²) in [5.41, 5.74) is -0.922. The maximum Gasteiger partial charge on any atom is 0.407 e. The van der Waals surface area contributed by atoms with Gasteiger partial charge in [-0.25, -0.2) is 4.79 Å². The number of rotatable bonds is 3. The number of aliphatic carboxylic acids is 1. The van der Waals surface area contributed by atoms with Gasteiger partial charge in [-0.3, -0.25) is 10.1 Å². The minimum Gasteiger partial charge on any atom is -0.504 e. The molecule has 3 N–H and O–H groups in total. The molecule has 0 amide bonds. The van der Waals surface area contributed by atoms with Gasteiger partial charge in [-0.05, 0) is 17.7 Å². The zero-order chi connectivity index (χ0) is 12.3. The first-order valence-electron chi connectivity index (χ1n) is 4.03. The van der Waals surface area contributed by atoms with Crippen LogP contribution in [-0.2, 0) is 4.79 Å². The molecule has 0 saturated heterocycles. The van der Waals surface area contributed by atoms with Gasteiger partial charge in [-0.1, -0.05) is 6.07 Å². The number of nitro groups is 1. The van der Waals surface area contributed by atoms with Crippen molar-refractivity contribution in [1.82, 2.24) is 0 Å². The maximum absolute atomic E-state index is 10.5. The van der Waals surface area contributed by atoms with Crippen LogP contribution in [0.15, 0.2) is 23.9 Å². The Morgan fingerprint density at radius 1 is 1.31 bits per heavy atom. The Hall–Kier alpha value is -2.57. The molecule has 0 radical (unpaired) electrons. The highest BCUT2D eigenvalue weighted by molar-refractivity contribution is 5.89. The third-order valence-electron chi connectivity index (χ3n) is 1.72. The van der Waals surface area contributed by atoms with Crippen LogP contribution in [0.3, 0.4) is 0 Å². The Morgan fingerprint density at radius 2 is 1.94 bits per heavy atom. The molecule has 0 fully saturated rings. The number of nitrogens with zero attached hydrogens (tertiary/aromatic N) is 1. The molecule has 16 heavy (non-hydrogen) atoms. The van der Waals surface area contributed by atoms with Crippen LogP contribution in [-0.4, -0.2) is 26.2 Å². The van der Waals surface area contributed by atoms with Gasteiger partial charge in [0.1, 0.15) is 0 Å². The zero-order valence-electron chi connectivity index (χ0n) is 7.82. The summed E-state index contributed by atoms with van der Waals surface area (Å²) in [5, 5.41) is 36.9. The predicted molar refractivity (Wildman–Crippen MR) is 52.4 cm³/mol. The van der Waals surface area contributed by atoms with Gasteiger partial charge in [0, 0.05) is 6.08 Å². The average Bonchev–Trinajstić information content (AvgIpc) is 2.18. The molecule has 0 saturated carbocycles. The SMILES string of the molecule is O=C(O)/C(=C/c1ccc(O)c(O)c1)[N+](=O)[O-]. The summed E-state index contributed by atoms with van der Waals surface area (Å²) in [6.07, 6.45) is 0.779. The lowest BCUT2D eigenvalue weighted by Crippen LogP contribution is -2.09. The van der Waals surface area contributed by atoms with Crippen LogP contribution in [0.2, 0.25) is 0 Å². The molecule has 7 heteroatoms. The van der Waals surface area contributed by atoms with E-state index in [1.807, 2.05) is 0 Å². The Kier molecular flexibility index (Phi) is 3.09. The van der Waals surface area contributed by atoms with E-state index in [-0.39, 0.29) is 5.56 Å². The molecular weight excluding hydrogens is 218 g/mol. The third kappa shape index (κ3) is 2.47. The van der Waals surface area contributed by atoms with Gasteiger partial charge in [0.05, 0.1) is 4.92 Å². The van der Waals surface area contributed by atoms with E-state index in [9.17, 15) is 14.9 Å². The van der Waals surface area contributed by atoms with E-state index in [1.54, 1.807) is 0 Å². The fourth-order valence-corrected chi connectivity index (χ4v) is 0.981. The van der Waals surface area contributed by atoms with E-state index in [4.69, 9.17) is 15.3 Å². The molecule has 7 nitrogen and oxygen atoms in total. The number of hydrogen-bond acceptors (Lipinski definition) is 5. The molecule has 0 bridgehead atoms. The van der Waals surface area contributed by atoms with Gasteiger partial charge in [-0.15, -0.1) is 0 Å². The van der Waals surface area contributed by atoms with Gasteiger partial charge in [0.25, 0.3) is 0 Å². The van der Waals surface area contributed by atoms with E-state index >= 15 is 0 Å². The van der Waals surface area contributed by atoms with Gasteiger partial charge in [0.15, 0.2) is 11.5 Å². The predicted octanol–water partition coefficient (Wildman–Crippen LogP) is 0.800. The Balaban J connectivity index is 3.18. The highest BCUT2D eigenvalue weighted by Gasteiger charge is 2.20. The van der Waals surface area contributed by atoms with Crippen molar-refractivity contribution in [3.05, 3.63) is 39.6 Å². The summed E-state index contributed by atoms with van der Waals surface area (Å²) in [6.45, 7) is 0. The Bertz CT molecular complexity index is 463. The Morgan fingerprint density at radius 3 is 2.38 bits per heavy atom. The molecule has 0 aliphatic heterocycles. The summed E-state index contributed by atoms with van der Waals surface area (Å²) in [4.78, 5) is 19.8. The zero-order valence-corrected chi connectivity index (χ0v) is 7.82. The molecule has 1 aromatic rings. The molecule has 0 aliphatic carbocycles. The molecule has 0 aromatic heterocycles. The fraction of sp³-hybridized carbons (Fsp3) is 0. The van der Waals surface area contributed by atoms with Crippen LogP contribution in [0.4, 0.5) is 0 Å². The second-order valence-corrected chi connectivity index (χ2v) is 2.84. The van der Waals surface area contributed by atoms with Gasteiger partial charge in [0.2, 0.25) is 0 Å². The lowest BCUT2D eigenvalue weighted by molar-refractivity contribution is -0.419. The summed E-state index contributed by atoms with van der Waals surface area (Å²) in [7, 11) is 0. The molecular formula is C9H7NO6. The molecule has 0 aliphatic rings. The van der Waals surface area contributed by atoms with E-state index < -0.39 is 28.1 Å². The first-order chi connectivity index (χ1) is 7.41. The van der Waals surface area contributed by atoms with Crippen LogP contribution in [0.25, 0.3) is 6.08 Å². The third-order valence-corrected chi connectivity index (χ3v) is 1.72. The van der Waals surface area contributed by atoms with Crippen molar-refractivity contribution in [3.63, 3.8) is 0 Å². The number of hydrogen-bond donors (Lipinski definition) is 3. The number of carboxylic acids is 1. The molecule has 1 rings (SSSR count). The highest BCUT2D eigenvalue weighted by atomic mass is 16.6. The smallest absolute Gasteiger partial charge is 0.407 e. The second-order valence-electron chi connectivity index (χ2n) is 2.84. The standard InChI is InChI=1S/C9H7NO6/c11-7-2-1-5(4-8(7)12)3-6(9(13)14)10(15)16/h1-4,11-12H,(H,13,14)/b6-3-. The fourth-order valence-electron chi connectivity index (χ4n) is 0.981. The van der Waals surface area contributed by atoms with E-state index in [1.165, 1.54) is 6.07 Å². The van der Waals surface area contributed by atoms with Crippen molar-refractivity contribution in [2.75, 3.05) is 0 Å². The van der Waals surface area contributed by atoms with Crippen LogP contribution >= 0.6 is 0 Å². The minimum absolute atomic E-state index is 0.101. The summed E-state index contributed by atoms with van der Waals surface area (Å²) >= 11 is 0. The second kappa shape index (κ2) is 4.30. The quantitative estimate of drug-likeness (QED) is 0.303. The van der Waals surface area contributed by atoms with E-state index in [2.05, 4.69) is 0 Å². The number of aromatic hydroxyl groups is 2. The van der Waals surface area contributed by atoms with Crippen LogP contribution < -0.4 is 0 Å². The lowest BCUT2D eigenvalue weighted by atomic mass is 10.1. The van der Waals surface area contributed by atoms with Crippen molar-refractivity contribution in [2.45, 2.75) is 0 Å². The highest BCUT2D eigenvalue weighted by Crippen LogP contribution is 2.25. The lowest BCUT2D eigenvalue weighted by Gasteiger charge is -1.98. The minimum atomic E-state index is -1.68. The summed E-state index contributed by atoms with van der Waals surface area (Å²) in [5.74, 6) is -2.56. The molecule has 0 atom stereocenters. The van der Waals surface area contributed by atoms with Crippen molar-refractivity contribution in [2.24, 2.45) is 0 Å². The van der Waals surface area contributed by atoms with Gasteiger partial charge < -0.3 is 15.3 Å². The van der Waals surface area contributed by atoms with Gasteiger partial charge >= 0.3 is 11.7 Å². The first-order valence-corrected chi connectivity index (χ1v) is 4.03. The van der Waals surface area contributed by atoms with Crippen LogP contribution in [0.5, 0.6) is 11.5 Å². The maximum atomic E-state index is 10.5. The summed E-state index contributed by atoms with van der Waals surface area (Å²) in [6, 6.07) is 3.35. The average molecular weight is 225 g/mol. The van der Waals surface area contributed by atoms with Crippen molar-refractivity contribution in [1.29, 1.82) is 0 Å². The number of phenols is 2. The number of phenolic OH excluding ortho intramolecular Hbond substituents is 2. The monoisotopic (exact) mass is 225 g/mol.